The molecule has 2 unspecified atom stereocenters. The van der Waals surface area contributed by atoms with Crippen molar-refractivity contribution in [3.05, 3.63) is 0 Å². The molecule has 2 aliphatic rings. The Morgan fingerprint density at radius 3 is 2.59 bits per heavy atom. The van der Waals surface area contributed by atoms with Crippen molar-refractivity contribution in [1.29, 1.82) is 0 Å². The van der Waals surface area contributed by atoms with Crippen LogP contribution in [0.4, 0.5) is 0 Å². The van der Waals surface area contributed by atoms with Gasteiger partial charge in [-0.3, -0.25) is 4.90 Å². The van der Waals surface area contributed by atoms with E-state index in [0.717, 1.165) is 32.5 Å². The largest absolute Gasteiger partial charge is 0.311 e. The van der Waals surface area contributed by atoms with E-state index in [2.05, 4.69) is 17.1 Å². The number of hydrogen-bond acceptors (Lipinski definition) is 4. The van der Waals surface area contributed by atoms with Crippen LogP contribution in [0, 0.1) is 0 Å². The first kappa shape index (κ1) is 13.3. The molecular weight excluding hydrogens is 236 g/mol. The molecule has 2 fully saturated rings. The highest BCUT2D eigenvalue weighted by Crippen LogP contribution is 2.22. The van der Waals surface area contributed by atoms with Gasteiger partial charge in [0, 0.05) is 12.1 Å². The highest BCUT2D eigenvalue weighted by molar-refractivity contribution is 7.91. The molecule has 17 heavy (non-hydrogen) atoms. The molecule has 0 amide bonds. The second kappa shape index (κ2) is 5.67. The third-order valence-electron chi connectivity index (χ3n) is 3.87. The van der Waals surface area contributed by atoms with Gasteiger partial charge in [-0.05, 0) is 38.9 Å². The summed E-state index contributed by atoms with van der Waals surface area (Å²) in [5.74, 6) is 0.689. The molecule has 2 rings (SSSR count). The van der Waals surface area contributed by atoms with Crippen molar-refractivity contribution in [2.24, 2.45) is 0 Å². The van der Waals surface area contributed by atoms with E-state index in [1.54, 1.807) is 0 Å². The number of sulfone groups is 1. The maximum atomic E-state index is 11.8. The van der Waals surface area contributed by atoms with Crippen molar-refractivity contribution < 1.29 is 8.42 Å². The van der Waals surface area contributed by atoms with Gasteiger partial charge in [-0.15, -0.1) is 0 Å². The van der Waals surface area contributed by atoms with Gasteiger partial charge >= 0.3 is 0 Å². The van der Waals surface area contributed by atoms with Crippen LogP contribution in [0.15, 0.2) is 0 Å². The number of likely N-dealkylation sites (tertiary alicyclic amines) is 1. The molecule has 100 valence electrons. The maximum Gasteiger partial charge on any atom is 0.153 e. The van der Waals surface area contributed by atoms with Gasteiger partial charge in [0.2, 0.25) is 0 Å². The van der Waals surface area contributed by atoms with Gasteiger partial charge in [0.05, 0.1) is 11.5 Å². The van der Waals surface area contributed by atoms with Gasteiger partial charge in [0.1, 0.15) is 0 Å². The molecule has 5 heteroatoms. The fourth-order valence-corrected chi connectivity index (χ4v) is 4.91. The van der Waals surface area contributed by atoms with Gasteiger partial charge in [0.15, 0.2) is 9.84 Å². The van der Waals surface area contributed by atoms with Crippen LogP contribution in [0.5, 0.6) is 0 Å². The fourth-order valence-electron chi connectivity index (χ4n) is 2.92. The topological polar surface area (TPSA) is 49.4 Å². The van der Waals surface area contributed by atoms with Crippen LogP contribution < -0.4 is 5.32 Å². The third-order valence-corrected chi connectivity index (χ3v) is 5.59. The van der Waals surface area contributed by atoms with Crippen LogP contribution >= 0.6 is 0 Å². The molecule has 2 aliphatic heterocycles. The first-order valence-corrected chi connectivity index (χ1v) is 8.62. The van der Waals surface area contributed by atoms with E-state index in [9.17, 15) is 8.42 Å². The lowest BCUT2D eigenvalue weighted by Crippen LogP contribution is -2.48. The number of unbranched alkanes of at least 4 members (excludes halogenated alkanes) is 1. The minimum atomic E-state index is -2.82. The van der Waals surface area contributed by atoms with Crippen LogP contribution in [0.2, 0.25) is 0 Å². The summed E-state index contributed by atoms with van der Waals surface area (Å²) in [6.45, 7) is 5.25. The molecule has 1 N–H and O–H groups in total. The van der Waals surface area contributed by atoms with Gasteiger partial charge < -0.3 is 5.32 Å². The molecule has 0 radical (unpaired) electrons. The molecule has 2 saturated heterocycles. The third kappa shape index (κ3) is 3.42. The molecule has 0 saturated carbocycles. The minimum Gasteiger partial charge on any atom is -0.311 e. The lowest BCUT2D eigenvalue weighted by Gasteiger charge is -2.28. The van der Waals surface area contributed by atoms with Crippen molar-refractivity contribution in [2.45, 2.75) is 44.7 Å². The van der Waals surface area contributed by atoms with Crippen LogP contribution in [0.3, 0.4) is 0 Å². The Hall–Kier alpha value is -0.130. The standard InChI is InChI=1S/C12H24N2O2S/c1-2-3-6-13-11-9-17(15,16)10-12(11)14-7-4-5-8-14/h11-13H,2-10H2,1H3. The average molecular weight is 260 g/mol. The van der Waals surface area contributed by atoms with E-state index < -0.39 is 9.84 Å². The molecule has 2 heterocycles. The van der Waals surface area contributed by atoms with E-state index in [-0.39, 0.29) is 12.1 Å². The second-order valence-corrected chi connectivity index (χ2v) is 7.46. The highest BCUT2D eigenvalue weighted by atomic mass is 32.2. The van der Waals surface area contributed by atoms with Gasteiger partial charge in [-0.2, -0.15) is 0 Å². The number of nitrogens with one attached hydrogen (secondary N) is 1. The highest BCUT2D eigenvalue weighted by Gasteiger charge is 2.41. The monoisotopic (exact) mass is 260 g/mol. The van der Waals surface area contributed by atoms with Crippen LogP contribution in [0.1, 0.15) is 32.6 Å². The zero-order chi connectivity index (χ0) is 12.3. The van der Waals surface area contributed by atoms with Crippen molar-refractivity contribution in [2.75, 3.05) is 31.1 Å². The van der Waals surface area contributed by atoms with Crippen molar-refractivity contribution >= 4 is 9.84 Å². The molecule has 0 bridgehead atoms. The van der Waals surface area contributed by atoms with E-state index >= 15 is 0 Å². The molecule has 0 aromatic carbocycles. The lowest BCUT2D eigenvalue weighted by atomic mass is 10.1. The minimum absolute atomic E-state index is 0.157. The van der Waals surface area contributed by atoms with Crippen molar-refractivity contribution in [3.63, 3.8) is 0 Å². The summed E-state index contributed by atoms with van der Waals surface area (Å²) in [6.07, 6.45) is 4.72. The van der Waals surface area contributed by atoms with Gasteiger partial charge in [-0.1, -0.05) is 13.3 Å². The quantitative estimate of drug-likeness (QED) is 0.737. The number of nitrogens with zero attached hydrogens (tertiary/aromatic N) is 1. The summed E-state index contributed by atoms with van der Waals surface area (Å²) in [4.78, 5) is 2.37. The summed E-state index contributed by atoms with van der Waals surface area (Å²) < 4.78 is 23.5. The summed E-state index contributed by atoms with van der Waals surface area (Å²) in [5.41, 5.74) is 0. The summed E-state index contributed by atoms with van der Waals surface area (Å²) >= 11 is 0. The maximum absolute atomic E-state index is 11.8. The Balaban J connectivity index is 1.95. The Bertz CT molecular complexity index is 336. The van der Waals surface area contributed by atoms with Crippen LogP contribution in [0.25, 0.3) is 0 Å². The summed E-state index contributed by atoms with van der Waals surface area (Å²) in [6, 6.07) is 0.379. The fraction of sp³-hybridized carbons (Fsp3) is 1.00. The number of rotatable bonds is 5. The first-order valence-electron chi connectivity index (χ1n) is 6.80. The van der Waals surface area contributed by atoms with E-state index in [0.29, 0.717) is 11.5 Å². The Labute approximate surface area is 105 Å². The van der Waals surface area contributed by atoms with E-state index in [4.69, 9.17) is 0 Å². The molecule has 0 aliphatic carbocycles. The van der Waals surface area contributed by atoms with Crippen LogP contribution in [-0.4, -0.2) is 56.5 Å². The normalized spacial score (nSPS) is 33.2. The van der Waals surface area contributed by atoms with E-state index in [1.807, 2.05) is 0 Å². The second-order valence-electron chi connectivity index (χ2n) is 5.30. The predicted octanol–water partition coefficient (Wildman–Crippen LogP) is 0.638. The molecule has 4 nitrogen and oxygen atoms in total. The lowest BCUT2D eigenvalue weighted by molar-refractivity contribution is 0.226. The number of hydrogen-bond donors (Lipinski definition) is 1. The summed E-state index contributed by atoms with van der Waals surface area (Å²) in [5, 5.41) is 3.44. The van der Waals surface area contributed by atoms with E-state index in [1.165, 1.54) is 12.8 Å². The summed E-state index contributed by atoms with van der Waals surface area (Å²) in [7, 11) is -2.82. The first-order chi connectivity index (χ1) is 8.12. The molecule has 2 atom stereocenters. The Morgan fingerprint density at radius 1 is 1.24 bits per heavy atom. The zero-order valence-corrected chi connectivity index (χ0v) is 11.5. The smallest absolute Gasteiger partial charge is 0.153 e. The predicted molar refractivity (Wildman–Crippen MR) is 69.9 cm³/mol. The zero-order valence-electron chi connectivity index (χ0n) is 10.7. The van der Waals surface area contributed by atoms with Crippen LogP contribution in [-0.2, 0) is 9.84 Å². The Kier molecular flexibility index (Phi) is 4.44. The molecule has 0 spiro atoms. The molecule has 0 aromatic rings. The van der Waals surface area contributed by atoms with Crippen molar-refractivity contribution in [3.8, 4) is 0 Å². The molecule has 0 aromatic heterocycles. The van der Waals surface area contributed by atoms with Crippen molar-refractivity contribution in [1.82, 2.24) is 10.2 Å². The Morgan fingerprint density at radius 2 is 1.94 bits per heavy atom. The SMILES string of the molecule is CCCCNC1CS(=O)(=O)CC1N1CCCC1. The van der Waals surface area contributed by atoms with Gasteiger partial charge in [0.25, 0.3) is 0 Å². The average Bonchev–Trinajstić information content (AvgIpc) is 2.86. The molecular formula is C12H24N2O2S. The van der Waals surface area contributed by atoms with Gasteiger partial charge in [-0.25, -0.2) is 8.42 Å².